The molecule has 1 rings (SSSR count). The highest BCUT2D eigenvalue weighted by Gasteiger charge is 2.05. The lowest BCUT2D eigenvalue weighted by Crippen LogP contribution is -2.17. The van der Waals surface area contributed by atoms with Crippen LogP contribution >= 0.6 is 0 Å². The molecule has 0 unspecified atom stereocenters. The number of carbonyl (C=O) groups excluding carboxylic acids is 1. The standard InChI is InChI=1S/C12H17NO.C2H6/c1-4-13(3)12-6-5-10(2)9-11(12)7-8-14;1-2/h5-6,8-9H,4,7H2,1-3H3;1-2H3. The molecule has 0 heterocycles. The summed E-state index contributed by atoms with van der Waals surface area (Å²) in [6.07, 6.45) is 1.46. The Balaban J connectivity index is 0.00000106. The summed E-state index contributed by atoms with van der Waals surface area (Å²) in [6.45, 7) is 9.10. The molecule has 0 spiro atoms. The Labute approximate surface area is 99.3 Å². The van der Waals surface area contributed by atoms with E-state index in [1.54, 1.807) is 0 Å². The van der Waals surface area contributed by atoms with Gasteiger partial charge < -0.3 is 9.69 Å². The van der Waals surface area contributed by atoms with Crippen LogP contribution in [0.2, 0.25) is 0 Å². The van der Waals surface area contributed by atoms with Crippen LogP contribution in [0.15, 0.2) is 18.2 Å². The normalized spacial score (nSPS) is 9.06. The molecule has 0 aliphatic carbocycles. The molecule has 0 fully saturated rings. The molecule has 16 heavy (non-hydrogen) atoms. The van der Waals surface area contributed by atoms with E-state index < -0.39 is 0 Å². The Kier molecular flexibility index (Phi) is 7.27. The van der Waals surface area contributed by atoms with Gasteiger partial charge in [0, 0.05) is 25.7 Å². The van der Waals surface area contributed by atoms with E-state index in [2.05, 4.69) is 30.0 Å². The molecule has 0 atom stereocenters. The van der Waals surface area contributed by atoms with Gasteiger partial charge in [-0.15, -0.1) is 0 Å². The van der Waals surface area contributed by atoms with Crippen LogP contribution in [0.1, 0.15) is 31.9 Å². The van der Waals surface area contributed by atoms with Crippen LogP contribution in [0.4, 0.5) is 5.69 Å². The number of carbonyl (C=O) groups is 1. The van der Waals surface area contributed by atoms with Crippen LogP contribution in [-0.4, -0.2) is 19.9 Å². The Morgan fingerprint density at radius 3 is 2.44 bits per heavy atom. The molecular weight excluding hydrogens is 198 g/mol. The van der Waals surface area contributed by atoms with Crippen LogP contribution < -0.4 is 4.90 Å². The number of aryl methyl sites for hydroxylation is 1. The average molecular weight is 221 g/mol. The van der Waals surface area contributed by atoms with Gasteiger partial charge >= 0.3 is 0 Å². The molecule has 0 aliphatic rings. The van der Waals surface area contributed by atoms with E-state index in [9.17, 15) is 4.79 Å². The lowest BCUT2D eigenvalue weighted by atomic mass is 10.1. The Morgan fingerprint density at radius 1 is 1.31 bits per heavy atom. The van der Waals surface area contributed by atoms with Crippen molar-refractivity contribution in [3.63, 3.8) is 0 Å². The summed E-state index contributed by atoms with van der Waals surface area (Å²) >= 11 is 0. The molecule has 0 amide bonds. The molecule has 0 N–H and O–H groups in total. The first-order valence-electron chi connectivity index (χ1n) is 5.93. The quantitative estimate of drug-likeness (QED) is 0.728. The minimum absolute atomic E-state index is 0.501. The minimum atomic E-state index is 0.501. The molecule has 0 bridgehead atoms. The van der Waals surface area contributed by atoms with Crippen LogP contribution in [-0.2, 0) is 11.2 Å². The number of hydrogen-bond donors (Lipinski definition) is 0. The van der Waals surface area contributed by atoms with Crippen molar-refractivity contribution in [2.45, 2.75) is 34.1 Å². The van der Waals surface area contributed by atoms with Crippen molar-refractivity contribution in [2.75, 3.05) is 18.5 Å². The third kappa shape index (κ3) is 4.05. The zero-order valence-electron chi connectivity index (χ0n) is 11.1. The SMILES string of the molecule is CC.CCN(C)c1ccc(C)cc1CC=O. The summed E-state index contributed by atoms with van der Waals surface area (Å²) in [5.41, 5.74) is 3.48. The molecular formula is C14H23NO. The van der Waals surface area contributed by atoms with Gasteiger partial charge in [0.2, 0.25) is 0 Å². The molecule has 0 aliphatic heterocycles. The largest absolute Gasteiger partial charge is 0.375 e. The van der Waals surface area contributed by atoms with Gasteiger partial charge in [-0.1, -0.05) is 31.5 Å². The second kappa shape index (κ2) is 7.91. The van der Waals surface area contributed by atoms with Crippen molar-refractivity contribution in [3.05, 3.63) is 29.3 Å². The predicted molar refractivity (Wildman–Crippen MR) is 71.2 cm³/mol. The lowest BCUT2D eigenvalue weighted by molar-refractivity contribution is -0.107. The maximum atomic E-state index is 10.5. The summed E-state index contributed by atoms with van der Waals surface area (Å²) < 4.78 is 0. The second-order valence-electron chi connectivity index (χ2n) is 3.52. The number of benzene rings is 1. The van der Waals surface area contributed by atoms with E-state index in [1.807, 2.05) is 27.8 Å². The molecule has 1 aromatic carbocycles. The summed E-state index contributed by atoms with van der Waals surface area (Å²) in [7, 11) is 2.04. The fraction of sp³-hybridized carbons (Fsp3) is 0.500. The molecule has 90 valence electrons. The van der Waals surface area contributed by atoms with Crippen molar-refractivity contribution >= 4 is 12.0 Å². The first-order valence-corrected chi connectivity index (χ1v) is 5.93. The summed E-state index contributed by atoms with van der Waals surface area (Å²) in [4.78, 5) is 12.7. The molecule has 0 saturated carbocycles. The molecule has 2 nitrogen and oxygen atoms in total. The first-order chi connectivity index (χ1) is 7.69. The van der Waals surface area contributed by atoms with Gasteiger partial charge in [-0.25, -0.2) is 0 Å². The molecule has 0 radical (unpaired) electrons. The highest BCUT2D eigenvalue weighted by atomic mass is 16.1. The van der Waals surface area contributed by atoms with E-state index in [1.165, 1.54) is 5.56 Å². The third-order valence-electron chi connectivity index (χ3n) is 2.42. The summed E-state index contributed by atoms with van der Waals surface area (Å²) in [6, 6.07) is 6.24. The average Bonchev–Trinajstić information content (AvgIpc) is 2.31. The highest BCUT2D eigenvalue weighted by molar-refractivity contribution is 5.64. The van der Waals surface area contributed by atoms with Crippen molar-refractivity contribution in [1.82, 2.24) is 0 Å². The monoisotopic (exact) mass is 221 g/mol. The molecule has 2 heteroatoms. The van der Waals surface area contributed by atoms with Gasteiger partial charge in [0.15, 0.2) is 0 Å². The van der Waals surface area contributed by atoms with Crippen LogP contribution in [0.3, 0.4) is 0 Å². The maximum absolute atomic E-state index is 10.5. The topological polar surface area (TPSA) is 20.3 Å². The Bertz CT molecular complexity index is 321. The maximum Gasteiger partial charge on any atom is 0.124 e. The van der Waals surface area contributed by atoms with Crippen molar-refractivity contribution in [2.24, 2.45) is 0 Å². The highest BCUT2D eigenvalue weighted by Crippen LogP contribution is 2.20. The van der Waals surface area contributed by atoms with Gasteiger partial charge in [0.1, 0.15) is 6.29 Å². The van der Waals surface area contributed by atoms with Crippen molar-refractivity contribution < 1.29 is 4.79 Å². The van der Waals surface area contributed by atoms with E-state index >= 15 is 0 Å². The van der Waals surface area contributed by atoms with Crippen LogP contribution in [0.5, 0.6) is 0 Å². The zero-order chi connectivity index (χ0) is 12.6. The van der Waals surface area contributed by atoms with Gasteiger partial charge in [-0.05, 0) is 25.5 Å². The number of rotatable bonds is 4. The Hall–Kier alpha value is -1.31. The van der Waals surface area contributed by atoms with Gasteiger partial charge in [0.05, 0.1) is 0 Å². The van der Waals surface area contributed by atoms with Crippen LogP contribution in [0, 0.1) is 6.92 Å². The van der Waals surface area contributed by atoms with E-state index in [0.717, 1.165) is 24.1 Å². The fourth-order valence-electron chi connectivity index (χ4n) is 1.51. The summed E-state index contributed by atoms with van der Waals surface area (Å²) in [5, 5.41) is 0. The number of hydrogen-bond acceptors (Lipinski definition) is 2. The minimum Gasteiger partial charge on any atom is -0.375 e. The Morgan fingerprint density at radius 2 is 1.94 bits per heavy atom. The van der Waals surface area contributed by atoms with Gasteiger partial charge in [-0.3, -0.25) is 0 Å². The van der Waals surface area contributed by atoms with Crippen LogP contribution in [0.25, 0.3) is 0 Å². The fourth-order valence-corrected chi connectivity index (χ4v) is 1.51. The van der Waals surface area contributed by atoms with Crippen molar-refractivity contribution in [3.8, 4) is 0 Å². The number of aldehydes is 1. The zero-order valence-corrected chi connectivity index (χ0v) is 11.1. The molecule has 0 saturated heterocycles. The van der Waals surface area contributed by atoms with Crippen molar-refractivity contribution in [1.29, 1.82) is 0 Å². The predicted octanol–water partition coefficient (Wildman–Crippen LogP) is 3.22. The third-order valence-corrected chi connectivity index (χ3v) is 2.42. The number of anilines is 1. The first kappa shape index (κ1) is 14.7. The summed E-state index contributed by atoms with van der Waals surface area (Å²) in [5.74, 6) is 0. The second-order valence-corrected chi connectivity index (χ2v) is 3.52. The lowest BCUT2D eigenvalue weighted by Gasteiger charge is -2.20. The van der Waals surface area contributed by atoms with E-state index in [0.29, 0.717) is 6.42 Å². The van der Waals surface area contributed by atoms with Gasteiger partial charge in [-0.2, -0.15) is 0 Å². The van der Waals surface area contributed by atoms with Gasteiger partial charge in [0.25, 0.3) is 0 Å². The smallest absolute Gasteiger partial charge is 0.124 e. The molecule has 0 aromatic heterocycles. The van der Waals surface area contributed by atoms with E-state index in [-0.39, 0.29) is 0 Å². The van der Waals surface area contributed by atoms with E-state index in [4.69, 9.17) is 0 Å². The molecule has 1 aromatic rings. The number of nitrogens with zero attached hydrogens (tertiary/aromatic N) is 1.